The number of hydrogen-bond donors (Lipinski definition) is 3. The Morgan fingerprint density at radius 3 is 2.26 bits per heavy atom. The fourth-order valence-corrected chi connectivity index (χ4v) is 1.70. The first kappa shape index (κ1) is 13.1. The van der Waals surface area contributed by atoms with Gasteiger partial charge in [0.05, 0.1) is 10.6 Å². The second kappa shape index (κ2) is 5.55. The summed E-state index contributed by atoms with van der Waals surface area (Å²) in [6, 6.07) is 11.4. The van der Waals surface area contributed by atoms with Gasteiger partial charge in [-0.1, -0.05) is 11.6 Å². The lowest BCUT2D eigenvalue weighted by atomic mass is 10.2. The Morgan fingerprint density at radius 1 is 1.05 bits per heavy atom. The summed E-state index contributed by atoms with van der Waals surface area (Å²) in [5, 5.41) is 14.5. The molecular weight excluding hydrogens is 268 g/mol. The zero-order valence-corrected chi connectivity index (χ0v) is 10.5. The molecule has 0 heterocycles. The number of nitro groups is 1. The molecule has 0 saturated heterocycles. The van der Waals surface area contributed by atoms with Crippen LogP contribution in [0.4, 0.5) is 22.7 Å². The van der Waals surface area contributed by atoms with Crippen LogP contribution in [0.25, 0.3) is 0 Å². The van der Waals surface area contributed by atoms with E-state index in [1.807, 2.05) is 0 Å². The first-order valence-electron chi connectivity index (χ1n) is 5.37. The van der Waals surface area contributed by atoms with Gasteiger partial charge in [0, 0.05) is 28.5 Å². The summed E-state index contributed by atoms with van der Waals surface area (Å²) in [6.07, 6.45) is 0. The number of nitrogens with two attached hydrogens (primary N) is 1. The Morgan fingerprint density at radius 2 is 1.68 bits per heavy atom. The van der Waals surface area contributed by atoms with Crippen LogP contribution >= 0.6 is 11.6 Å². The summed E-state index contributed by atoms with van der Waals surface area (Å²) in [7, 11) is 0. The van der Waals surface area contributed by atoms with E-state index in [0.29, 0.717) is 16.4 Å². The molecule has 0 amide bonds. The average Bonchev–Trinajstić information content (AvgIpc) is 2.41. The number of nitrogen functional groups attached to an aromatic ring is 1. The third kappa shape index (κ3) is 3.34. The number of benzene rings is 2. The molecule has 0 saturated carbocycles. The zero-order chi connectivity index (χ0) is 13.8. The van der Waals surface area contributed by atoms with Crippen molar-refractivity contribution in [1.29, 1.82) is 0 Å². The van der Waals surface area contributed by atoms with Crippen molar-refractivity contribution >= 4 is 34.4 Å². The SMILES string of the molecule is NNc1cc(Nc2ccc(Cl)cc2)cc([N+](=O)[O-])c1. The van der Waals surface area contributed by atoms with E-state index in [9.17, 15) is 10.1 Å². The average molecular weight is 279 g/mol. The Kier molecular flexibility index (Phi) is 3.84. The van der Waals surface area contributed by atoms with Gasteiger partial charge >= 0.3 is 0 Å². The van der Waals surface area contributed by atoms with Crippen molar-refractivity contribution in [3.63, 3.8) is 0 Å². The highest BCUT2D eigenvalue weighted by Crippen LogP contribution is 2.26. The highest BCUT2D eigenvalue weighted by Gasteiger charge is 2.09. The second-order valence-corrected chi connectivity index (χ2v) is 4.24. The molecule has 2 rings (SSSR count). The van der Waals surface area contributed by atoms with E-state index in [0.717, 1.165) is 5.69 Å². The van der Waals surface area contributed by atoms with Gasteiger partial charge < -0.3 is 10.7 Å². The number of halogens is 1. The maximum atomic E-state index is 10.8. The second-order valence-electron chi connectivity index (χ2n) is 3.80. The van der Waals surface area contributed by atoms with E-state index in [1.54, 1.807) is 30.3 Å². The molecule has 0 aliphatic carbocycles. The molecule has 0 spiro atoms. The molecule has 0 aliphatic rings. The normalized spacial score (nSPS) is 10.0. The third-order valence-electron chi connectivity index (χ3n) is 2.43. The standard InChI is InChI=1S/C12H11ClN4O2/c13-8-1-3-9(4-2-8)15-10-5-11(16-14)7-12(6-10)17(18)19/h1-7,15-16H,14H2. The monoisotopic (exact) mass is 278 g/mol. The van der Waals surface area contributed by atoms with Crippen molar-refractivity contribution in [3.8, 4) is 0 Å². The first-order chi connectivity index (χ1) is 9.08. The quantitative estimate of drug-likeness (QED) is 0.453. The number of nitrogens with one attached hydrogen (secondary N) is 2. The van der Waals surface area contributed by atoms with Gasteiger partial charge in [0.1, 0.15) is 0 Å². The van der Waals surface area contributed by atoms with Crippen LogP contribution in [0, 0.1) is 10.1 Å². The predicted molar refractivity (Wildman–Crippen MR) is 75.6 cm³/mol. The Balaban J connectivity index is 2.31. The number of nitro benzene ring substituents is 1. The zero-order valence-electron chi connectivity index (χ0n) is 9.76. The summed E-state index contributed by atoms with van der Waals surface area (Å²) >= 11 is 5.79. The van der Waals surface area contributed by atoms with Crippen LogP contribution < -0.4 is 16.6 Å². The lowest BCUT2D eigenvalue weighted by Crippen LogP contribution is -2.07. The molecule has 2 aromatic rings. The predicted octanol–water partition coefficient (Wildman–Crippen LogP) is 3.28. The smallest absolute Gasteiger partial charge is 0.273 e. The molecule has 0 radical (unpaired) electrons. The Labute approximate surface area is 114 Å². The van der Waals surface area contributed by atoms with E-state index in [-0.39, 0.29) is 5.69 Å². The summed E-state index contributed by atoms with van der Waals surface area (Å²) < 4.78 is 0. The summed E-state index contributed by atoms with van der Waals surface area (Å²) in [4.78, 5) is 10.3. The molecule has 0 bridgehead atoms. The van der Waals surface area contributed by atoms with Gasteiger partial charge in [-0.15, -0.1) is 0 Å². The Bertz CT molecular complexity index is 601. The lowest BCUT2D eigenvalue weighted by Gasteiger charge is -2.08. The maximum Gasteiger partial charge on any atom is 0.273 e. The van der Waals surface area contributed by atoms with Gasteiger partial charge in [0.25, 0.3) is 5.69 Å². The van der Waals surface area contributed by atoms with Crippen LogP contribution in [0.3, 0.4) is 0 Å². The molecule has 0 aromatic heterocycles. The van der Waals surface area contributed by atoms with Gasteiger partial charge in [-0.3, -0.25) is 16.0 Å². The molecule has 7 heteroatoms. The van der Waals surface area contributed by atoms with Crippen molar-refractivity contribution in [2.75, 3.05) is 10.7 Å². The molecule has 19 heavy (non-hydrogen) atoms. The number of hydrazine groups is 1. The molecule has 0 aliphatic heterocycles. The first-order valence-corrected chi connectivity index (χ1v) is 5.75. The Hall–Kier alpha value is -2.31. The van der Waals surface area contributed by atoms with E-state index < -0.39 is 4.92 Å². The van der Waals surface area contributed by atoms with E-state index in [4.69, 9.17) is 17.4 Å². The van der Waals surface area contributed by atoms with Crippen molar-refractivity contribution in [2.24, 2.45) is 5.84 Å². The number of nitrogens with zero attached hydrogens (tertiary/aromatic N) is 1. The molecule has 0 atom stereocenters. The number of anilines is 3. The summed E-state index contributed by atoms with van der Waals surface area (Å²) in [6.45, 7) is 0. The largest absolute Gasteiger partial charge is 0.355 e. The van der Waals surface area contributed by atoms with E-state index >= 15 is 0 Å². The van der Waals surface area contributed by atoms with E-state index in [1.165, 1.54) is 12.1 Å². The van der Waals surface area contributed by atoms with Gasteiger partial charge in [-0.2, -0.15) is 0 Å². The molecule has 0 fully saturated rings. The minimum atomic E-state index is -0.478. The van der Waals surface area contributed by atoms with Gasteiger partial charge in [0.2, 0.25) is 0 Å². The van der Waals surface area contributed by atoms with Crippen molar-refractivity contribution < 1.29 is 4.92 Å². The van der Waals surface area contributed by atoms with Crippen LogP contribution in [0.5, 0.6) is 0 Å². The van der Waals surface area contributed by atoms with Crippen molar-refractivity contribution in [1.82, 2.24) is 0 Å². The van der Waals surface area contributed by atoms with Crippen LogP contribution in [-0.4, -0.2) is 4.92 Å². The van der Waals surface area contributed by atoms with Crippen molar-refractivity contribution in [3.05, 3.63) is 57.6 Å². The molecular formula is C12H11ClN4O2. The fourth-order valence-electron chi connectivity index (χ4n) is 1.57. The highest BCUT2D eigenvalue weighted by molar-refractivity contribution is 6.30. The topological polar surface area (TPSA) is 93.2 Å². The molecule has 4 N–H and O–H groups in total. The van der Waals surface area contributed by atoms with Gasteiger partial charge in [-0.25, -0.2) is 0 Å². The van der Waals surface area contributed by atoms with Crippen LogP contribution in [0.15, 0.2) is 42.5 Å². The summed E-state index contributed by atoms with van der Waals surface area (Å²) in [5.74, 6) is 5.28. The molecule has 6 nitrogen and oxygen atoms in total. The summed E-state index contributed by atoms with van der Waals surface area (Å²) in [5.41, 5.74) is 4.12. The fraction of sp³-hybridized carbons (Fsp3) is 0. The molecule has 0 unspecified atom stereocenters. The van der Waals surface area contributed by atoms with Crippen LogP contribution in [0.1, 0.15) is 0 Å². The van der Waals surface area contributed by atoms with Crippen LogP contribution in [-0.2, 0) is 0 Å². The van der Waals surface area contributed by atoms with Gasteiger partial charge in [-0.05, 0) is 30.3 Å². The minimum absolute atomic E-state index is 0.0492. The molecule has 98 valence electrons. The van der Waals surface area contributed by atoms with Crippen LogP contribution in [0.2, 0.25) is 5.02 Å². The molecule has 2 aromatic carbocycles. The number of hydrogen-bond acceptors (Lipinski definition) is 5. The maximum absolute atomic E-state index is 10.8. The highest BCUT2D eigenvalue weighted by atomic mass is 35.5. The van der Waals surface area contributed by atoms with Gasteiger partial charge in [0.15, 0.2) is 0 Å². The minimum Gasteiger partial charge on any atom is -0.355 e. The third-order valence-corrected chi connectivity index (χ3v) is 2.68. The van der Waals surface area contributed by atoms with Crippen molar-refractivity contribution in [2.45, 2.75) is 0 Å². The number of rotatable bonds is 4. The number of non-ortho nitro benzene ring substituents is 1. The van der Waals surface area contributed by atoms with E-state index in [2.05, 4.69) is 10.7 Å². The lowest BCUT2D eigenvalue weighted by molar-refractivity contribution is -0.384.